The molecule has 0 spiro atoms. The average Bonchev–Trinajstić information content (AvgIpc) is 2.36. The predicted molar refractivity (Wildman–Crippen MR) is 74.9 cm³/mol. The van der Waals surface area contributed by atoms with E-state index in [1.165, 1.54) is 10.5 Å². The van der Waals surface area contributed by atoms with Gasteiger partial charge in [0.05, 0.1) is 6.54 Å². The number of halogens is 3. The van der Waals surface area contributed by atoms with Gasteiger partial charge in [0, 0.05) is 24.8 Å². The SMILES string of the molecule is CC(C)N(Cc1ccc2c(c1)CCCN2)CC(F)(F)F. The maximum atomic E-state index is 12.6. The van der Waals surface area contributed by atoms with Crippen LogP contribution >= 0.6 is 0 Å². The van der Waals surface area contributed by atoms with Gasteiger partial charge >= 0.3 is 6.18 Å². The van der Waals surface area contributed by atoms with Crippen LogP contribution in [0.1, 0.15) is 31.4 Å². The smallest absolute Gasteiger partial charge is 0.385 e. The summed E-state index contributed by atoms with van der Waals surface area (Å²) >= 11 is 0. The van der Waals surface area contributed by atoms with Crippen molar-refractivity contribution in [3.63, 3.8) is 0 Å². The topological polar surface area (TPSA) is 15.3 Å². The van der Waals surface area contributed by atoms with Gasteiger partial charge in [0.2, 0.25) is 0 Å². The Bertz CT molecular complexity index is 455. The molecule has 1 aliphatic rings. The van der Waals surface area contributed by atoms with Crippen molar-refractivity contribution in [1.82, 2.24) is 4.90 Å². The van der Waals surface area contributed by atoms with Gasteiger partial charge in [-0.25, -0.2) is 0 Å². The summed E-state index contributed by atoms with van der Waals surface area (Å²) in [5, 5.41) is 3.31. The van der Waals surface area contributed by atoms with Crippen LogP contribution in [0.3, 0.4) is 0 Å². The number of hydrogen-bond donors (Lipinski definition) is 1. The van der Waals surface area contributed by atoms with Gasteiger partial charge in [-0.15, -0.1) is 0 Å². The van der Waals surface area contributed by atoms with Crippen molar-refractivity contribution < 1.29 is 13.2 Å². The molecule has 0 fully saturated rings. The van der Waals surface area contributed by atoms with Crippen LogP contribution in [0, 0.1) is 0 Å². The van der Waals surface area contributed by atoms with Crippen LogP contribution in [-0.2, 0) is 13.0 Å². The van der Waals surface area contributed by atoms with Gasteiger partial charge < -0.3 is 5.32 Å². The van der Waals surface area contributed by atoms with Crippen LogP contribution in [0.15, 0.2) is 18.2 Å². The molecule has 1 aromatic rings. The Hall–Kier alpha value is -1.23. The Morgan fingerprint density at radius 2 is 2.05 bits per heavy atom. The van der Waals surface area contributed by atoms with Crippen LogP contribution in [0.4, 0.5) is 18.9 Å². The van der Waals surface area contributed by atoms with E-state index in [1.54, 1.807) is 13.8 Å². The van der Waals surface area contributed by atoms with Crippen molar-refractivity contribution in [2.45, 2.75) is 45.5 Å². The second-order valence-corrected chi connectivity index (χ2v) is 5.64. The number of hydrogen-bond acceptors (Lipinski definition) is 2. The van der Waals surface area contributed by atoms with Crippen molar-refractivity contribution in [3.05, 3.63) is 29.3 Å². The summed E-state index contributed by atoms with van der Waals surface area (Å²) in [7, 11) is 0. The Balaban J connectivity index is 2.10. The van der Waals surface area contributed by atoms with Crippen LogP contribution in [0.5, 0.6) is 0 Å². The zero-order valence-corrected chi connectivity index (χ0v) is 11.9. The summed E-state index contributed by atoms with van der Waals surface area (Å²) in [6.45, 7) is 4.04. The van der Waals surface area contributed by atoms with Crippen LogP contribution in [-0.4, -0.2) is 30.2 Å². The van der Waals surface area contributed by atoms with E-state index in [-0.39, 0.29) is 6.04 Å². The molecule has 0 saturated carbocycles. The van der Waals surface area contributed by atoms with Crippen molar-refractivity contribution >= 4 is 5.69 Å². The average molecular weight is 286 g/mol. The number of nitrogens with zero attached hydrogens (tertiary/aromatic N) is 1. The molecule has 0 unspecified atom stereocenters. The Morgan fingerprint density at radius 1 is 1.30 bits per heavy atom. The molecule has 0 aliphatic carbocycles. The molecule has 0 amide bonds. The zero-order chi connectivity index (χ0) is 14.8. The van der Waals surface area contributed by atoms with E-state index in [0.717, 1.165) is 30.6 Å². The van der Waals surface area contributed by atoms with E-state index in [4.69, 9.17) is 0 Å². The van der Waals surface area contributed by atoms with Gasteiger partial charge in [-0.1, -0.05) is 12.1 Å². The molecule has 5 heteroatoms. The summed E-state index contributed by atoms with van der Waals surface area (Å²) < 4.78 is 37.8. The van der Waals surface area contributed by atoms with E-state index in [9.17, 15) is 13.2 Å². The van der Waals surface area contributed by atoms with E-state index >= 15 is 0 Å². The molecule has 2 rings (SSSR count). The van der Waals surface area contributed by atoms with Gasteiger partial charge in [-0.2, -0.15) is 13.2 Å². The molecular weight excluding hydrogens is 265 g/mol. The first kappa shape index (κ1) is 15.2. The lowest BCUT2D eigenvalue weighted by atomic mass is 10.0. The Kier molecular flexibility index (Phi) is 4.58. The fourth-order valence-electron chi connectivity index (χ4n) is 2.51. The molecule has 2 nitrogen and oxygen atoms in total. The van der Waals surface area contributed by atoms with E-state index in [0.29, 0.717) is 6.54 Å². The summed E-state index contributed by atoms with van der Waals surface area (Å²) in [4.78, 5) is 1.46. The summed E-state index contributed by atoms with van der Waals surface area (Å²) in [6.07, 6.45) is -2.08. The quantitative estimate of drug-likeness (QED) is 0.905. The number of alkyl halides is 3. The van der Waals surface area contributed by atoms with Gasteiger partial charge in [0.25, 0.3) is 0 Å². The second kappa shape index (κ2) is 6.04. The Labute approximate surface area is 118 Å². The van der Waals surface area contributed by atoms with E-state index in [1.807, 2.05) is 18.2 Å². The molecule has 20 heavy (non-hydrogen) atoms. The number of benzene rings is 1. The first-order chi connectivity index (χ1) is 9.35. The number of aryl methyl sites for hydroxylation is 1. The maximum Gasteiger partial charge on any atom is 0.401 e. The number of rotatable bonds is 4. The minimum absolute atomic E-state index is 0.134. The van der Waals surface area contributed by atoms with E-state index in [2.05, 4.69) is 5.32 Å². The third-order valence-corrected chi connectivity index (χ3v) is 3.61. The Morgan fingerprint density at radius 3 is 2.70 bits per heavy atom. The van der Waals surface area contributed by atoms with Crippen LogP contribution in [0.2, 0.25) is 0 Å². The maximum absolute atomic E-state index is 12.6. The lowest BCUT2D eigenvalue weighted by Gasteiger charge is -2.28. The monoisotopic (exact) mass is 286 g/mol. The molecular formula is C15H21F3N2. The number of nitrogens with one attached hydrogen (secondary N) is 1. The van der Waals surface area contributed by atoms with Crippen molar-refractivity contribution in [2.75, 3.05) is 18.4 Å². The molecule has 0 radical (unpaired) electrons. The lowest BCUT2D eigenvalue weighted by Crippen LogP contribution is -2.38. The molecule has 0 atom stereocenters. The highest BCUT2D eigenvalue weighted by Gasteiger charge is 2.31. The molecule has 1 N–H and O–H groups in total. The van der Waals surface area contributed by atoms with Gasteiger partial charge in [0.15, 0.2) is 0 Å². The first-order valence-electron chi connectivity index (χ1n) is 7.01. The van der Waals surface area contributed by atoms with Gasteiger partial charge in [-0.05, 0) is 43.9 Å². The second-order valence-electron chi connectivity index (χ2n) is 5.64. The minimum atomic E-state index is -4.15. The molecule has 1 heterocycles. The van der Waals surface area contributed by atoms with Crippen LogP contribution in [0.25, 0.3) is 0 Å². The summed E-state index contributed by atoms with van der Waals surface area (Å²) in [5.41, 5.74) is 3.28. The molecule has 0 saturated heterocycles. The molecule has 1 aromatic carbocycles. The highest BCUT2D eigenvalue weighted by Crippen LogP contribution is 2.25. The predicted octanol–water partition coefficient (Wildman–Crippen LogP) is 3.82. The fraction of sp³-hybridized carbons (Fsp3) is 0.600. The van der Waals surface area contributed by atoms with Crippen molar-refractivity contribution in [2.24, 2.45) is 0 Å². The standard InChI is InChI=1S/C15H21F3N2/c1-11(2)20(10-15(16,17)18)9-12-5-6-14-13(8-12)4-3-7-19-14/h5-6,8,11,19H,3-4,7,9-10H2,1-2H3. The summed E-state index contributed by atoms with van der Waals surface area (Å²) in [6, 6.07) is 5.80. The van der Waals surface area contributed by atoms with Crippen molar-refractivity contribution in [3.8, 4) is 0 Å². The molecule has 0 bridgehead atoms. The molecule has 0 aromatic heterocycles. The number of fused-ring (bicyclic) bond motifs is 1. The summed E-state index contributed by atoms with van der Waals surface area (Å²) in [5.74, 6) is 0. The largest absolute Gasteiger partial charge is 0.401 e. The van der Waals surface area contributed by atoms with E-state index < -0.39 is 12.7 Å². The third-order valence-electron chi connectivity index (χ3n) is 3.61. The number of anilines is 1. The normalized spacial score (nSPS) is 15.3. The zero-order valence-electron chi connectivity index (χ0n) is 11.9. The van der Waals surface area contributed by atoms with Gasteiger partial charge in [-0.3, -0.25) is 4.90 Å². The first-order valence-corrected chi connectivity index (χ1v) is 7.01. The van der Waals surface area contributed by atoms with Crippen LogP contribution < -0.4 is 5.32 Å². The highest BCUT2D eigenvalue weighted by atomic mass is 19.4. The van der Waals surface area contributed by atoms with Crippen molar-refractivity contribution in [1.29, 1.82) is 0 Å². The highest BCUT2D eigenvalue weighted by molar-refractivity contribution is 5.54. The fourth-order valence-corrected chi connectivity index (χ4v) is 2.51. The minimum Gasteiger partial charge on any atom is -0.385 e. The third kappa shape index (κ3) is 4.13. The van der Waals surface area contributed by atoms with Gasteiger partial charge in [0.1, 0.15) is 0 Å². The molecule has 112 valence electrons. The molecule has 1 aliphatic heterocycles. The lowest BCUT2D eigenvalue weighted by molar-refractivity contribution is -0.150.